The normalized spacial score (nSPS) is 19.0. The molecule has 4 rings (SSSR count). The summed E-state index contributed by atoms with van der Waals surface area (Å²) in [5.74, 6) is 2.89. The number of morpholine rings is 1. The van der Waals surface area contributed by atoms with Gasteiger partial charge in [-0.05, 0) is 26.0 Å². The van der Waals surface area contributed by atoms with Crippen LogP contribution in [0.5, 0.6) is 0 Å². The van der Waals surface area contributed by atoms with Crippen molar-refractivity contribution in [2.75, 3.05) is 42.3 Å². The van der Waals surface area contributed by atoms with Gasteiger partial charge >= 0.3 is 0 Å². The molecular formula is C21H28N6O2S. The van der Waals surface area contributed by atoms with E-state index in [-0.39, 0.29) is 11.3 Å². The van der Waals surface area contributed by atoms with E-state index in [0.29, 0.717) is 31.3 Å². The quantitative estimate of drug-likeness (QED) is 0.597. The fourth-order valence-corrected chi connectivity index (χ4v) is 4.48. The number of anilines is 2. The van der Waals surface area contributed by atoms with Crippen LogP contribution in [0.4, 0.5) is 11.6 Å². The molecule has 1 aliphatic rings. The number of rotatable bonds is 7. The fraction of sp³-hybridized carbons (Fsp3) is 0.476. The summed E-state index contributed by atoms with van der Waals surface area (Å²) >= 11 is 0. The number of H-pyrrole nitrogens is 1. The molecule has 0 aliphatic carbocycles. The van der Waals surface area contributed by atoms with E-state index in [2.05, 4.69) is 27.1 Å². The SMILES string of the molecule is CCS(=O)[C@H](C)CNc1cc(N2CCOC[C@H]2C)nc(-c2ccnc3[nH]ccc23)n1. The summed E-state index contributed by atoms with van der Waals surface area (Å²) < 4.78 is 17.7. The molecule has 0 aromatic carbocycles. The van der Waals surface area contributed by atoms with E-state index in [1.165, 1.54) is 0 Å². The predicted molar refractivity (Wildman–Crippen MR) is 121 cm³/mol. The lowest BCUT2D eigenvalue weighted by molar-refractivity contribution is 0.0985. The van der Waals surface area contributed by atoms with Crippen LogP contribution in [0.25, 0.3) is 22.4 Å². The Bertz CT molecular complexity index is 1040. The molecule has 0 amide bonds. The number of aromatic amines is 1. The number of pyridine rings is 1. The van der Waals surface area contributed by atoms with Crippen LogP contribution >= 0.6 is 0 Å². The van der Waals surface area contributed by atoms with Gasteiger partial charge in [0.25, 0.3) is 0 Å². The summed E-state index contributed by atoms with van der Waals surface area (Å²) in [5, 5.41) is 4.40. The Morgan fingerprint density at radius 3 is 3.07 bits per heavy atom. The van der Waals surface area contributed by atoms with Crippen LogP contribution in [0.3, 0.4) is 0 Å². The van der Waals surface area contributed by atoms with E-state index >= 15 is 0 Å². The highest BCUT2D eigenvalue weighted by atomic mass is 32.2. The van der Waals surface area contributed by atoms with Crippen LogP contribution in [0, 0.1) is 0 Å². The minimum Gasteiger partial charge on any atom is -0.377 e. The molecule has 0 bridgehead atoms. The maximum absolute atomic E-state index is 12.1. The topological polar surface area (TPSA) is 96.0 Å². The lowest BCUT2D eigenvalue weighted by Gasteiger charge is -2.34. The Morgan fingerprint density at radius 2 is 2.27 bits per heavy atom. The van der Waals surface area contributed by atoms with Crippen molar-refractivity contribution in [2.24, 2.45) is 0 Å². The van der Waals surface area contributed by atoms with Crippen molar-refractivity contribution in [3.63, 3.8) is 0 Å². The van der Waals surface area contributed by atoms with Crippen molar-refractivity contribution in [2.45, 2.75) is 32.1 Å². The fourth-order valence-electron chi connectivity index (χ4n) is 3.64. The van der Waals surface area contributed by atoms with Gasteiger partial charge in [0.15, 0.2) is 5.82 Å². The average molecular weight is 429 g/mol. The highest BCUT2D eigenvalue weighted by molar-refractivity contribution is 7.85. The third kappa shape index (κ3) is 4.32. The molecular weight excluding hydrogens is 400 g/mol. The minimum absolute atomic E-state index is 0.0384. The average Bonchev–Trinajstić information content (AvgIpc) is 3.26. The number of aromatic nitrogens is 4. The molecule has 0 radical (unpaired) electrons. The summed E-state index contributed by atoms with van der Waals surface area (Å²) in [6.07, 6.45) is 3.64. The van der Waals surface area contributed by atoms with Crippen LogP contribution < -0.4 is 10.2 Å². The van der Waals surface area contributed by atoms with Gasteiger partial charge in [-0.25, -0.2) is 15.0 Å². The first-order chi connectivity index (χ1) is 14.6. The highest BCUT2D eigenvalue weighted by Crippen LogP contribution is 2.29. The van der Waals surface area contributed by atoms with Crippen LogP contribution in [-0.4, -0.2) is 67.5 Å². The van der Waals surface area contributed by atoms with Gasteiger partial charge in [-0.1, -0.05) is 6.92 Å². The van der Waals surface area contributed by atoms with Crippen LogP contribution in [0.1, 0.15) is 20.8 Å². The molecule has 9 heteroatoms. The predicted octanol–water partition coefficient (Wildman–Crippen LogP) is 2.81. The molecule has 1 fully saturated rings. The molecule has 30 heavy (non-hydrogen) atoms. The van der Waals surface area contributed by atoms with Gasteiger partial charge in [0, 0.05) is 64.3 Å². The number of nitrogens with zero attached hydrogens (tertiary/aromatic N) is 4. The third-order valence-electron chi connectivity index (χ3n) is 5.38. The lowest BCUT2D eigenvalue weighted by Crippen LogP contribution is -2.44. The van der Waals surface area contributed by atoms with Crippen molar-refractivity contribution < 1.29 is 8.95 Å². The van der Waals surface area contributed by atoms with Gasteiger partial charge < -0.3 is 19.9 Å². The van der Waals surface area contributed by atoms with Crippen molar-refractivity contribution in [3.8, 4) is 11.4 Å². The largest absolute Gasteiger partial charge is 0.377 e. The van der Waals surface area contributed by atoms with Gasteiger partial charge in [0.1, 0.15) is 17.3 Å². The monoisotopic (exact) mass is 428 g/mol. The zero-order valence-corrected chi connectivity index (χ0v) is 18.4. The molecule has 3 atom stereocenters. The number of ether oxygens (including phenoxy) is 1. The molecule has 3 aromatic heterocycles. The first-order valence-corrected chi connectivity index (χ1v) is 11.7. The van der Waals surface area contributed by atoms with E-state index in [1.54, 1.807) is 6.20 Å². The first kappa shape index (κ1) is 20.7. The first-order valence-electron chi connectivity index (χ1n) is 10.3. The van der Waals surface area contributed by atoms with Gasteiger partial charge in [0.2, 0.25) is 0 Å². The van der Waals surface area contributed by atoms with Crippen LogP contribution in [0.15, 0.2) is 30.6 Å². The van der Waals surface area contributed by atoms with Crippen molar-refractivity contribution in [1.29, 1.82) is 0 Å². The second-order valence-corrected chi connectivity index (χ2v) is 9.66. The Labute approximate surface area is 178 Å². The van der Waals surface area contributed by atoms with Crippen LogP contribution in [0.2, 0.25) is 0 Å². The number of hydrogen-bond donors (Lipinski definition) is 2. The van der Waals surface area contributed by atoms with Gasteiger partial charge in [-0.3, -0.25) is 4.21 Å². The van der Waals surface area contributed by atoms with Crippen molar-refractivity contribution in [3.05, 3.63) is 30.6 Å². The number of hydrogen-bond acceptors (Lipinski definition) is 7. The zero-order valence-electron chi connectivity index (χ0n) is 17.6. The summed E-state index contributed by atoms with van der Waals surface area (Å²) in [4.78, 5) is 19.5. The number of fused-ring (bicyclic) bond motifs is 1. The maximum atomic E-state index is 12.1. The molecule has 8 nitrogen and oxygen atoms in total. The molecule has 1 saturated heterocycles. The molecule has 3 aromatic rings. The molecule has 0 spiro atoms. The maximum Gasteiger partial charge on any atom is 0.164 e. The molecule has 4 heterocycles. The Balaban J connectivity index is 1.72. The highest BCUT2D eigenvalue weighted by Gasteiger charge is 2.22. The summed E-state index contributed by atoms with van der Waals surface area (Å²) in [5.41, 5.74) is 1.74. The molecule has 1 unspecified atom stereocenters. The summed E-state index contributed by atoms with van der Waals surface area (Å²) in [6.45, 7) is 8.79. The molecule has 160 valence electrons. The molecule has 1 aliphatic heterocycles. The third-order valence-corrected chi connectivity index (χ3v) is 7.01. The second kappa shape index (κ2) is 9.09. The second-order valence-electron chi connectivity index (χ2n) is 7.51. The Kier molecular flexibility index (Phi) is 6.29. The molecule has 0 saturated carbocycles. The Morgan fingerprint density at radius 1 is 1.40 bits per heavy atom. The van der Waals surface area contributed by atoms with E-state index in [1.807, 2.05) is 38.2 Å². The van der Waals surface area contributed by atoms with Crippen molar-refractivity contribution in [1.82, 2.24) is 19.9 Å². The van der Waals surface area contributed by atoms with Gasteiger partial charge in [0.05, 0.1) is 19.3 Å². The standard InChI is InChI=1S/C21H28N6O2S/c1-4-30(28)15(3)12-24-18-11-19(27-9-10-29-13-14(27)2)26-21(25-18)17-6-8-23-20-16(17)5-7-22-20/h5-8,11,14-15H,4,9-10,12-13H2,1-3H3,(H,22,23)(H,24,25,26)/t14-,15-,30?/m1/s1. The minimum atomic E-state index is -0.861. The van der Waals surface area contributed by atoms with E-state index in [9.17, 15) is 4.21 Å². The lowest BCUT2D eigenvalue weighted by atomic mass is 10.1. The van der Waals surface area contributed by atoms with Crippen molar-refractivity contribution >= 4 is 33.5 Å². The van der Waals surface area contributed by atoms with Gasteiger partial charge in [-0.15, -0.1) is 0 Å². The van der Waals surface area contributed by atoms with Crippen LogP contribution in [-0.2, 0) is 15.5 Å². The van der Waals surface area contributed by atoms with E-state index in [4.69, 9.17) is 14.7 Å². The summed E-state index contributed by atoms with van der Waals surface area (Å²) in [7, 11) is -0.861. The molecule has 2 N–H and O–H groups in total. The van der Waals surface area contributed by atoms with Gasteiger partial charge in [-0.2, -0.15) is 0 Å². The number of nitrogens with one attached hydrogen (secondary N) is 2. The zero-order chi connectivity index (χ0) is 21.1. The summed E-state index contributed by atoms with van der Waals surface area (Å²) in [6, 6.07) is 6.13. The smallest absolute Gasteiger partial charge is 0.164 e. The van der Waals surface area contributed by atoms with E-state index in [0.717, 1.165) is 34.8 Å². The van der Waals surface area contributed by atoms with E-state index < -0.39 is 10.8 Å². The Hall–Kier alpha value is -2.52.